The van der Waals surface area contributed by atoms with Gasteiger partial charge in [-0.3, -0.25) is 4.57 Å². The number of hydrogen-bond donors (Lipinski definition) is 0. The highest BCUT2D eigenvalue weighted by molar-refractivity contribution is 6.12. The molecule has 0 amide bonds. The third-order valence-electron chi connectivity index (χ3n) is 11.1. The normalized spacial score (nSPS) is 12.9. The van der Waals surface area contributed by atoms with E-state index in [1.165, 1.54) is 28.3 Å². The lowest BCUT2D eigenvalue weighted by molar-refractivity contribution is 0.627. The van der Waals surface area contributed by atoms with Gasteiger partial charge in [0.15, 0.2) is 0 Å². The molecule has 1 aliphatic carbocycles. The van der Waals surface area contributed by atoms with Crippen molar-refractivity contribution in [3.8, 4) is 33.9 Å². The van der Waals surface area contributed by atoms with Gasteiger partial charge in [0.05, 0.1) is 27.8 Å². The van der Waals surface area contributed by atoms with Crippen molar-refractivity contribution in [1.29, 1.82) is 0 Å². The zero-order valence-corrected chi connectivity index (χ0v) is 30.3. The monoisotopic (exact) mass is 720 g/mol. The Bertz CT molecular complexity index is 3220. The van der Waals surface area contributed by atoms with Crippen LogP contribution < -0.4 is 0 Å². The maximum absolute atomic E-state index is 14.5. The maximum atomic E-state index is 14.5. The van der Waals surface area contributed by atoms with Crippen molar-refractivity contribution < 1.29 is 4.39 Å². The maximum Gasteiger partial charge on any atom is 0.235 e. The average Bonchev–Trinajstić information content (AvgIpc) is 3.97. The van der Waals surface area contributed by atoms with E-state index in [2.05, 4.69) is 149 Å². The van der Waals surface area contributed by atoms with E-state index in [0.717, 1.165) is 78.1 Å². The van der Waals surface area contributed by atoms with E-state index in [-0.39, 0.29) is 5.82 Å². The molecule has 7 aromatic carbocycles. The van der Waals surface area contributed by atoms with Crippen LogP contribution in [0.15, 0.2) is 188 Å². The summed E-state index contributed by atoms with van der Waals surface area (Å²) < 4.78 is 18.8. The summed E-state index contributed by atoms with van der Waals surface area (Å²) in [5, 5.41) is 4.52. The smallest absolute Gasteiger partial charge is 0.235 e. The Morgan fingerprint density at radius 1 is 0.464 bits per heavy atom. The second kappa shape index (κ2) is 12.9. The van der Waals surface area contributed by atoms with Crippen LogP contribution in [0.5, 0.6) is 0 Å². The molecule has 4 nitrogen and oxygen atoms in total. The molecule has 0 saturated heterocycles. The van der Waals surface area contributed by atoms with Crippen molar-refractivity contribution in [3.05, 3.63) is 205 Å². The SMILES string of the molecule is Fc1cccc(-n2c3ccccc3c3ccc(-c4ccc5c(c4)c4ccccc4n5-c4nccc(C5=CCC(c6ccc(-c7ccccc7)cc6)=C5)n4)cc32)c1. The van der Waals surface area contributed by atoms with Gasteiger partial charge in [-0.2, -0.15) is 0 Å². The van der Waals surface area contributed by atoms with Gasteiger partial charge >= 0.3 is 0 Å². The molecule has 0 N–H and O–H groups in total. The molecule has 0 radical (unpaired) electrons. The minimum atomic E-state index is -0.257. The van der Waals surface area contributed by atoms with Crippen molar-refractivity contribution in [2.24, 2.45) is 0 Å². The van der Waals surface area contributed by atoms with E-state index < -0.39 is 0 Å². The molecule has 3 heterocycles. The quantitative estimate of drug-likeness (QED) is 0.171. The van der Waals surface area contributed by atoms with E-state index in [1.54, 1.807) is 12.1 Å². The first-order chi connectivity index (χ1) is 27.7. The molecule has 3 aromatic heterocycles. The van der Waals surface area contributed by atoms with Crippen molar-refractivity contribution in [3.63, 3.8) is 0 Å². The van der Waals surface area contributed by atoms with Gasteiger partial charge in [-0.05, 0) is 106 Å². The van der Waals surface area contributed by atoms with Crippen LogP contribution in [0.25, 0.3) is 88.6 Å². The fraction of sp³-hybridized carbons (Fsp3) is 0.0196. The molecule has 0 bridgehead atoms. The molecule has 0 aliphatic heterocycles. The number of rotatable bonds is 6. The van der Waals surface area contributed by atoms with Crippen LogP contribution in [0.4, 0.5) is 4.39 Å². The van der Waals surface area contributed by atoms with Gasteiger partial charge in [0.1, 0.15) is 5.82 Å². The lowest BCUT2D eigenvalue weighted by atomic mass is 10.00. The number of allylic oxidation sites excluding steroid dienone is 4. The van der Waals surface area contributed by atoms with Crippen molar-refractivity contribution in [2.45, 2.75) is 6.42 Å². The van der Waals surface area contributed by atoms with E-state index in [4.69, 9.17) is 9.97 Å². The minimum absolute atomic E-state index is 0.257. The van der Waals surface area contributed by atoms with Crippen LogP contribution in [0, 0.1) is 5.82 Å². The number of hydrogen-bond acceptors (Lipinski definition) is 2. The van der Waals surface area contributed by atoms with E-state index in [1.807, 2.05) is 30.5 Å². The third-order valence-corrected chi connectivity index (χ3v) is 11.1. The van der Waals surface area contributed by atoms with Gasteiger partial charge in [-0.15, -0.1) is 0 Å². The van der Waals surface area contributed by atoms with Crippen molar-refractivity contribution in [2.75, 3.05) is 0 Å². The molecule has 0 fully saturated rings. The molecule has 10 aromatic rings. The second-order valence-electron chi connectivity index (χ2n) is 14.4. The van der Waals surface area contributed by atoms with Crippen LogP contribution >= 0.6 is 0 Å². The predicted octanol–water partition coefficient (Wildman–Crippen LogP) is 13.0. The molecular weight excluding hydrogens is 688 g/mol. The number of para-hydroxylation sites is 2. The Kier molecular flexibility index (Phi) is 7.39. The fourth-order valence-electron chi connectivity index (χ4n) is 8.44. The van der Waals surface area contributed by atoms with Crippen LogP contribution in [-0.2, 0) is 0 Å². The minimum Gasteiger partial charge on any atom is -0.309 e. The summed E-state index contributed by atoms with van der Waals surface area (Å²) in [5.41, 5.74) is 14.1. The Morgan fingerprint density at radius 3 is 1.93 bits per heavy atom. The summed E-state index contributed by atoms with van der Waals surface area (Å²) in [6, 6.07) is 58.1. The van der Waals surface area contributed by atoms with E-state index >= 15 is 0 Å². The Balaban J connectivity index is 0.975. The largest absolute Gasteiger partial charge is 0.309 e. The molecule has 0 spiro atoms. The van der Waals surface area contributed by atoms with Crippen molar-refractivity contribution >= 4 is 54.8 Å². The Labute approximate surface area is 322 Å². The standard InChI is InChI=1S/C51H33FN4/c52-40-11-8-12-41(32-40)55-47-15-6-4-13-42(47)44-25-23-38(31-50(44)55)37-24-26-49-45(30-37)43-14-5-7-16-48(43)56(49)51-53-28-27-46(54-51)39-22-21-36(29-39)35-19-17-34(18-20-35)33-9-2-1-3-10-33/h1-20,22-32H,21H2. The average molecular weight is 721 g/mol. The molecule has 0 unspecified atom stereocenters. The first-order valence-electron chi connectivity index (χ1n) is 18.9. The van der Waals surface area contributed by atoms with Gasteiger partial charge in [-0.25, -0.2) is 14.4 Å². The summed E-state index contributed by atoms with van der Waals surface area (Å²) in [4.78, 5) is 9.99. The van der Waals surface area contributed by atoms with Crippen LogP contribution in [0.2, 0.25) is 0 Å². The highest BCUT2D eigenvalue weighted by Crippen LogP contribution is 2.39. The van der Waals surface area contributed by atoms with Crippen molar-refractivity contribution in [1.82, 2.24) is 19.1 Å². The number of fused-ring (bicyclic) bond motifs is 6. The molecule has 11 rings (SSSR count). The summed E-state index contributed by atoms with van der Waals surface area (Å²) in [6.45, 7) is 0. The topological polar surface area (TPSA) is 35.6 Å². The molecule has 5 heteroatoms. The summed E-state index contributed by atoms with van der Waals surface area (Å²) in [7, 11) is 0. The highest BCUT2D eigenvalue weighted by Gasteiger charge is 2.19. The number of aromatic nitrogens is 4. The first-order valence-corrected chi connectivity index (χ1v) is 18.9. The number of nitrogens with zero attached hydrogens (tertiary/aromatic N) is 4. The van der Waals surface area contributed by atoms with Crippen LogP contribution in [0.3, 0.4) is 0 Å². The molecule has 0 saturated carbocycles. The van der Waals surface area contributed by atoms with Gasteiger partial charge in [0.2, 0.25) is 5.95 Å². The van der Waals surface area contributed by atoms with Gasteiger partial charge < -0.3 is 4.57 Å². The molecule has 264 valence electrons. The van der Waals surface area contributed by atoms with Gasteiger partial charge in [0, 0.05) is 33.4 Å². The summed E-state index contributed by atoms with van der Waals surface area (Å²) in [6.07, 6.45) is 7.23. The molecule has 0 atom stereocenters. The Morgan fingerprint density at radius 2 is 1.11 bits per heavy atom. The summed E-state index contributed by atoms with van der Waals surface area (Å²) in [5.74, 6) is 0.379. The van der Waals surface area contributed by atoms with Crippen LogP contribution in [-0.4, -0.2) is 19.1 Å². The number of halogens is 1. The van der Waals surface area contributed by atoms with E-state index in [0.29, 0.717) is 5.95 Å². The van der Waals surface area contributed by atoms with Crippen LogP contribution in [0.1, 0.15) is 17.7 Å². The van der Waals surface area contributed by atoms with Gasteiger partial charge in [0.25, 0.3) is 0 Å². The fourth-order valence-corrected chi connectivity index (χ4v) is 8.44. The zero-order valence-electron chi connectivity index (χ0n) is 30.3. The molecular formula is C51H33FN4. The lowest BCUT2D eigenvalue weighted by Crippen LogP contribution is -2.02. The highest BCUT2D eigenvalue weighted by atomic mass is 19.1. The second-order valence-corrected chi connectivity index (χ2v) is 14.4. The first kappa shape index (κ1) is 32.1. The predicted molar refractivity (Wildman–Crippen MR) is 229 cm³/mol. The molecule has 1 aliphatic rings. The zero-order chi connectivity index (χ0) is 37.2. The van der Waals surface area contributed by atoms with Gasteiger partial charge in [-0.1, -0.05) is 121 Å². The molecule has 56 heavy (non-hydrogen) atoms. The third kappa shape index (κ3) is 5.28. The Hall–Kier alpha value is -7.37. The lowest BCUT2D eigenvalue weighted by Gasteiger charge is -2.10. The number of benzene rings is 7. The van der Waals surface area contributed by atoms with E-state index in [9.17, 15) is 4.39 Å². The summed E-state index contributed by atoms with van der Waals surface area (Å²) >= 11 is 0.